The number of sulfonamides is 1. The molecule has 2 aromatic rings. The predicted octanol–water partition coefficient (Wildman–Crippen LogP) is 2.79. The fourth-order valence-electron chi connectivity index (χ4n) is 3.36. The number of hydrogen-bond donors (Lipinski definition) is 0. The standard InChI is InChI=1S/C17H22N2O3S2/c1-3-19(24(2,21)22)14-8-10-18(11-9-14)17(20)16-12-13-6-4-5-7-15(13)23-16/h4-7,12,14H,3,8-11H2,1-2H3. The highest BCUT2D eigenvalue weighted by atomic mass is 32.2. The van der Waals surface area contributed by atoms with Gasteiger partial charge in [0.2, 0.25) is 10.0 Å². The second-order valence-electron chi connectivity index (χ2n) is 6.14. The summed E-state index contributed by atoms with van der Waals surface area (Å²) in [6, 6.07) is 9.93. The number of carbonyl (C=O) groups excluding carboxylic acids is 1. The summed E-state index contributed by atoms with van der Waals surface area (Å²) < 4.78 is 26.4. The Morgan fingerprint density at radius 3 is 2.54 bits per heavy atom. The lowest BCUT2D eigenvalue weighted by atomic mass is 10.0. The lowest BCUT2D eigenvalue weighted by Crippen LogP contribution is -2.48. The number of likely N-dealkylation sites (tertiary alicyclic amines) is 1. The Hall–Kier alpha value is -1.44. The lowest BCUT2D eigenvalue weighted by molar-refractivity contribution is 0.0685. The molecule has 0 unspecified atom stereocenters. The summed E-state index contributed by atoms with van der Waals surface area (Å²) in [5.41, 5.74) is 0. The third-order valence-corrected chi connectivity index (χ3v) is 7.05. The molecule has 0 saturated carbocycles. The summed E-state index contributed by atoms with van der Waals surface area (Å²) in [4.78, 5) is 15.3. The van der Waals surface area contributed by atoms with Crippen LogP contribution in [-0.4, -0.2) is 55.5 Å². The van der Waals surface area contributed by atoms with Crippen LogP contribution < -0.4 is 0 Å². The number of nitrogens with zero attached hydrogens (tertiary/aromatic N) is 2. The average molecular weight is 367 g/mol. The van der Waals surface area contributed by atoms with Crippen molar-refractivity contribution in [3.05, 3.63) is 35.2 Å². The molecule has 130 valence electrons. The van der Waals surface area contributed by atoms with Crippen molar-refractivity contribution >= 4 is 37.4 Å². The molecule has 24 heavy (non-hydrogen) atoms. The zero-order valence-electron chi connectivity index (χ0n) is 13.9. The predicted molar refractivity (Wildman–Crippen MR) is 98.0 cm³/mol. The van der Waals surface area contributed by atoms with E-state index < -0.39 is 10.0 Å². The van der Waals surface area contributed by atoms with Crippen LogP contribution in [0.15, 0.2) is 30.3 Å². The highest BCUT2D eigenvalue weighted by Crippen LogP contribution is 2.28. The Labute approximate surface area is 146 Å². The maximum Gasteiger partial charge on any atom is 0.263 e. The summed E-state index contributed by atoms with van der Waals surface area (Å²) in [6.45, 7) is 3.54. The Balaban J connectivity index is 1.69. The van der Waals surface area contributed by atoms with Gasteiger partial charge in [-0.1, -0.05) is 25.1 Å². The molecule has 1 fully saturated rings. The van der Waals surface area contributed by atoms with E-state index in [0.717, 1.165) is 15.0 Å². The van der Waals surface area contributed by atoms with Crippen molar-refractivity contribution in [3.63, 3.8) is 0 Å². The molecule has 0 N–H and O–H groups in total. The molecule has 1 saturated heterocycles. The summed E-state index contributed by atoms with van der Waals surface area (Å²) in [5.74, 6) is 0.0528. The number of rotatable bonds is 4. The zero-order valence-corrected chi connectivity index (χ0v) is 15.6. The first-order valence-corrected chi connectivity index (χ1v) is 10.8. The molecule has 0 aliphatic carbocycles. The molecule has 0 atom stereocenters. The van der Waals surface area contributed by atoms with Gasteiger partial charge in [0.25, 0.3) is 5.91 Å². The van der Waals surface area contributed by atoms with Crippen molar-refractivity contribution in [2.45, 2.75) is 25.8 Å². The van der Waals surface area contributed by atoms with E-state index in [2.05, 4.69) is 0 Å². The number of carbonyl (C=O) groups is 1. The number of amides is 1. The maximum absolute atomic E-state index is 12.7. The third kappa shape index (κ3) is 3.48. The Kier molecular flexibility index (Phi) is 4.94. The van der Waals surface area contributed by atoms with Crippen LogP contribution >= 0.6 is 11.3 Å². The second-order valence-corrected chi connectivity index (χ2v) is 9.16. The van der Waals surface area contributed by atoms with Crippen molar-refractivity contribution in [2.24, 2.45) is 0 Å². The Morgan fingerprint density at radius 2 is 1.96 bits per heavy atom. The third-order valence-electron chi connectivity index (χ3n) is 4.53. The number of hydrogen-bond acceptors (Lipinski definition) is 4. The first-order valence-electron chi connectivity index (χ1n) is 8.15. The molecule has 2 heterocycles. The van der Waals surface area contributed by atoms with E-state index in [1.165, 1.54) is 17.6 Å². The van der Waals surface area contributed by atoms with Crippen molar-refractivity contribution in [3.8, 4) is 0 Å². The van der Waals surface area contributed by atoms with Crippen molar-refractivity contribution in [1.82, 2.24) is 9.21 Å². The first kappa shape index (κ1) is 17.4. The summed E-state index contributed by atoms with van der Waals surface area (Å²) >= 11 is 1.52. The van der Waals surface area contributed by atoms with Crippen LogP contribution in [0, 0.1) is 0 Å². The first-order chi connectivity index (χ1) is 11.4. The minimum atomic E-state index is -3.19. The number of piperidine rings is 1. The second kappa shape index (κ2) is 6.82. The Morgan fingerprint density at radius 1 is 1.29 bits per heavy atom. The van der Waals surface area contributed by atoms with Crippen molar-refractivity contribution in [1.29, 1.82) is 0 Å². The van der Waals surface area contributed by atoms with Gasteiger partial charge in [-0.2, -0.15) is 4.31 Å². The highest BCUT2D eigenvalue weighted by molar-refractivity contribution is 7.88. The van der Waals surface area contributed by atoms with Crippen LogP contribution in [0.4, 0.5) is 0 Å². The van der Waals surface area contributed by atoms with Gasteiger partial charge in [-0.3, -0.25) is 4.79 Å². The zero-order chi connectivity index (χ0) is 17.3. The van der Waals surface area contributed by atoms with Crippen LogP contribution in [0.5, 0.6) is 0 Å². The van der Waals surface area contributed by atoms with Crippen molar-refractivity contribution in [2.75, 3.05) is 25.9 Å². The minimum absolute atomic E-state index is 0.00328. The molecule has 1 amide bonds. The van der Waals surface area contributed by atoms with Crippen LogP contribution in [0.2, 0.25) is 0 Å². The van der Waals surface area contributed by atoms with Gasteiger partial charge in [0, 0.05) is 30.4 Å². The largest absolute Gasteiger partial charge is 0.338 e. The minimum Gasteiger partial charge on any atom is -0.338 e. The fraction of sp³-hybridized carbons (Fsp3) is 0.471. The van der Waals surface area contributed by atoms with Crippen LogP contribution in [-0.2, 0) is 10.0 Å². The van der Waals surface area contributed by atoms with E-state index in [1.807, 2.05) is 42.2 Å². The molecular formula is C17H22N2O3S2. The Bertz CT molecular complexity index is 803. The van der Waals surface area contributed by atoms with Gasteiger partial charge in [-0.25, -0.2) is 8.42 Å². The number of benzene rings is 1. The molecule has 0 radical (unpaired) electrons. The van der Waals surface area contributed by atoms with Crippen LogP contribution in [0.1, 0.15) is 29.4 Å². The van der Waals surface area contributed by atoms with Gasteiger partial charge in [0.1, 0.15) is 0 Å². The van der Waals surface area contributed by atoms with Gasteiger partial charge in [0.15, 0.2) is 0 Å². The highest BCUT2D eigenvalue weighted by Gasteiger charge is 2.31. The lowest BCUT2D eigenvalue weighted by Gasteiger charge is -2.36. The fourth-order valence-corrected chi connectivity index (χ4v) is 5.62. The molecule has 7 heteroatoms. The molecule has 1 aliphatic heterocycles. The van der Waals surface area contributed by atoms with E-state index >= 15 is 0 Å². The quantitative estimate of drug-likeness (QED) is 0.836. The maximum atomic E-state index is 12.7. The van der Waals surface area contributed by atoms with Crippen molar-refractivity contribution < 1.29 is 13.2 Å². The molecule has 1 aliphatic rings. The van der Waals surface area contributed by atoms with Gasteiger partial charge in [0.05, 0.1) is 11.1 Å². The van der Waals surface area contributed by atoms with Gasteiger partial charge < -0.3 is 4.90 Å². The normalized spacial score (nSPS) is 16.9. The molecular weight excluding hydrogens is 344 g/mol. The van der Waals surface area contributed by atoms with Gasteiger partial charge >= 0.3 is 0 Å². The van der Waals surface area contributed by atoms with Crippen LogP contribution in [0.3, 0.4) is 0 Å². The number of thiophene rings is 1. The molecule has 1 aromatic heterocycles. The summed E-state index contributed by atoms with van der Waals surface area (Å²) in [7, 11) is -3.19. The van der Waals surface area contributed by atoms with E-state index in [9.17, 15) is 13.2 Å². The van der Waals surface area contributed by atoms with Gasteiger partial charge in [-0.15, -0.1) is 11.3 Å². The monoisotopic (exact) mass is 366 g/mol. The molecule has 0 spiro atoms. The summed E-state index contributed by atoms with van der Waals surface area (Å²) in [6.07, 6.45) is 2.64. The topological polar surface area (TPSA) is 57.7 Å². The average Bonchev–Trinajstić information content (AvgIpc) is 2.98. The molecule has 0 bridgehead atoms. The SMILES string of the molecule is CCN(C1CCN(C(=O)c2cc3ccccc3s2)CC1)S(C)(=O)=O. The smallest absolute Gasteiger partial charge is 0.263 e. The van der Waals surface area contributed by atoms with Crippen LogP contribution in [0.25, 0.3) is 10.1 Å². The van der Waals surface area contributed by atoms with Gasteiger partial charge in [-0.05, 0) is 30.4 Å². The number of fused-ring (bicyclic) bond motifs is 1. The molecule has 3 rings (SSSR count). The molecule has 5 nitrogen and oxygen atoms in total. The summed E-state index contributed by atoms with van der Waals surface area (Å²) in [5, 5.41) is 1.09. The molecule has 1 aromatic carbocycles. The van der Waals surface area contributed by atoms with E-state index in [0.29, 0.717) is 32.5 Å². The van der Waals surface area contributed by atoms with E-state index in [4.69, 9.17) is 0 Å². The van der Waals surface area contributed by atoms with E-state index in [-0.39, 0.29) is 11.9 Å². The van der Waals surface area contributed by atoms with E-state index in [1.54, 1.807) is 4.31 Å².